The minimum atomic E-state index is -0.545. The van der Waals surface area contributed by atoms with Gasteiger partial charge in [-0.15, -0.1) is 0 Å². The molecule has 0 atom stereocenters. The highest BCUT2D eigenvalue weighted by molar-refractivity contribution is 9.10. The van der Waals surface area contributed by atoms with Crippen LogP contribution in [-0.4, -0.2) is 56.1 Å². The highest BCUT2D eigenvalue weighted by Crippen LogP contribution is 2.30. The molecule has 1 heterocycles. The van der Waals surface area contributed by atoms with E-state index in [2.05, 4.69) is 32.7 Å². The van der Waals surface area contributed by atoms with Crippen molar-refractivity contribution in [3.05, 3.63) is 35.1 Å². The van der Waals surface area contributed by atoms with Gasteiger partial charge in [0.15, 0.2) is 0 Å². The van der Waals surface area contributed by atoms with Gasteiger partial charge >= 0.3 is 6.09 Å². The molecule has 0 aromatic heterocycles. The summed E-state index contributed by atoms with van der Waals surface area (Å²) in [5.41, 5.74) is 0.510. The van der Waals surface area contributed by atoms with Crippen LogP contribution in [0.5, 0.6) is 5.75 Å². The Hall–Kier alpha value is -1.96. The van der Waals surface area contributed by atoms with Gasteiger partial charge in [-0.1, -0.05) is 6.58 Å². The number of rotatable bonds is 6. The molecule has 0 radical (unpaired) electrons. The van der Waals surface area contributed by atoms with E-state index >= 15 is 0 Å². The molecule has 1 aromatic carbocycles. The summed E-state index contributed by atoms with van der Waals surface area (Å²) in [5, 5.41) is 2.69. The average Bonchev–Trinajstić information content (AvgIpc) is 2.59. The van der Waals surface area contributed by atoms with Crippen LogP contribution < -0.4 is 15.0 Å². The van der Waals surface area contributed by atoms with Gasteiger partial charge in [0.05, 0.1) is 4.47 Å². The molecule has 6 nitrogen and oxygen atoms in total. The first kappa shape index (κ1) is 21.3. The van der Waals surface area contributed by atoms with E-state index in [9.17, 15) is 9.18 Å². The zero-order valence-corrected chi connectivity index (χ0v) is 17.6. The smallest absolute Gasteiger partial charge is 0.413 e. The molecule has 0 aliphatic carbocycles. The number of anilines is 1. The quantitative estimate of drug-likeness (QED) is 0.721. The van der Waals surface area contributed by atoms with E-state index in [1.807, 2.05) is 43.9 Å². The first-order valence-electron chi connectivity index (χ1n) is 8.87. The molecule has 1 aromatic rings. The molecule has 0 unspecified atom stereocenters. The van der Waals surface area contributed by atoms with E-state index in [0.717, 1.165) is 36.3 Å². The monoisotopic (exact) mass is 443 g/mol. The zero-order valence-electron chi connectivity index (χ0n) is 16.1. The van der Waals surface area contributed by atoms with Crippen LogP contribution in [0.2, 0.25) is 0 Å². The van der Waals surface area contributed by atoms with Crippen molar-refractivity contribution in [2.75, 3.05) is 44.4 Å². The lowest BCUT2D eigenvalue weighted by Gasteiger charge is -2.38. The van der Waals surface area contributed by atoms with Crippen LogP contribution in [0.25, 0.3) is 0 Å². The summed E-state index contributed by atoms with van der Waals surface area (Å²) >= 11 is 3.47. The van der Waals surface area contributed by atoms with Gasteiger partial charge in [0.25, 0.3) is 0 Å². The van der Waals surface area contributed by atoms with Crippen molar-refractivity contribution in [2.24, 2.45) is 0 Å². The second kappa shape index (κ2) is 9.30. The summed E-state index contributed by atoms with van der Waals surface area (Å²) < 4.78 is 23.6. The van der Waals surface area contributed by atoms with E-state index in [4.69, 9.17) is 9.47 Å². The first-order chi connectivity index (χ1) is 12.7. The minimum Gasteiger partial charge on any atom is -0.490 e. The van der Waals surface area contributed by atoms with E-state index in [0.29, 0.717) is 11.6 Å². The fraction of sp³-hybridized carbons (Fsp3) is 0.526. The number of halogens is 2. The number of hydrogen-bond donors (Lipinski definition) is 1. The molecule has 150 valence electrons. The molecule has 0 bridgehead atoms. The lowest BCUT2D eigenvalue weighted by atomic mass is 10.2. The lowest BCUT2D eigenvalue weighted by Crippen LogP contribution is -2.49. The van der Waals surface area contributed by atoms with Gasteiger partial charge in [-0.2, -0.15) is 0 Å². The molecular formula is C19H27BrFN3O3. The molecule has 2 rings (SSSR count). The summed E-state index contributed by atoms with van der Waals surface area (Å²) in [5.74, 6) is 1.17. The number of amides is 1. The van der Waals surface area contributed by atoms with Gasteiger partial charge in [0.1, 0.15) is 30.5 Å². The maximum absolute atomic E-state index is 12.2. The van der Waals surface area contributed by atoms with Crippen molar-refractivity contribution >= 4 is 27.7 Å². The van der Waals surface area contributed by atoms with Crippen molar-refractivity contribution in [3.63, 3.8) is 0 Å². The number of piperazine rings is 1. The van der Waals surface area contributed by atoms with Gasteiger partial charge in [0.2, 0.25) is 0 Å². The maximum Gasteiger partial charge on any atom is 0.413 e. The van der Waals surface area contributed by atoms with Crippen LogP contribution >= 0.6 is 15.9 Å². The van der Waals surface area contributed by atoms with Crippen molar-refractivity contribution in [2.45, 2.75) is 26.4 Å². The molecule has 1 N–H and O–H groups in total. The highest BCUT2D eigenvalue weighted by Gasteiger charge is 2.22. The number of alkyl halides is 1. The minimum absolute atomic E-state index is 0.0450. The Morgan fingerprint density at radius 3 is 2.52 bits per heavy atom. The highest BCUT2D eigenvalue weighted by atomic mass is 79.9. The summed E-state index contributed by atoms with van der Waals surface area (Å²) in [6.45, 7) is 12.0. The summed E-state index contributed by atoms with van der Waals surface area (Å²) in [6, 6.07) is 5.77. The first-order valence-corrected chi connectivity index (χ1v) is 9.66. The summed E-state index contributed by atoms with van der Waals surface area (Å²) in [6.07, 6.45) is -0.497. The van der Waals surface area contributed by atoms with Gasteiger partial charge in [-0.05, 0) is 54.9 Å². The number of ether oxygens (including phenoxy) is 2. The summed E-state index contributed by atoms with van der Waals surface area (Å²) in [4.78, 5) is 16.1. The van der Waals surface area contributed by atoms with Crippen molar-refractivity contribution in [1.82, 2.24) is 10.2 Å². The molecule has 1 fully saturated rings. The number of alkyl carbamates (subject to hydrolysis) is 1. The molecule has 1 saturated heterocycles. The van der Waals surface area contributed by atoms with E-state index < -0.39 is 18.4 Å². The van der Waals surface area contributed by atoms with Crippen molar-refractivity contribution in [3.8, 4) is 5.75 Å². The molecule has 27 heavy (non-hydrogen) atoms. The SMILES string of the molecule is C=C(NC(=O)OC(C)(C)C)N1CCN(c2ccc(OCCF)c(Br)c2)CC1. The predicted molar refractivity (Wildman–Crippen MR) is 108 cm³/mol. The van der Waals surface area contributed by atoms with Gasteiger partial charge in [-0.25, -0.2) is 9.18 Å². The topological polar surface area (TPSA) is 54.0 Å². The standard InChI is InChI=1S/C19H27BrFN3O3/c1-14(22-18(25)27-19(2,3)4)23-8-10-24(11-9-23)15-5-6-17(16(20)13-15)26-12-7-21/h5-6,13H,1,7-12H2,2-4H3,(H,22,25). The van der Waals surface area contributed by atoms with E-state index in [-0.39, 0.29) is 6.61 Å². The number of carbonyl (C=O) groups is 1. The van der Waals surface area contributed by atoms with Gasteiger partial charge in [0, 0.05) is 31.9 Å². The zero-order chi connectivity index (χ0) is 20.0. The van der Waals surface area contributed by atoms with Crippen LogP contribution in [-0.2, 0) is 4.74 Å². The molecule has 0 spiro atoms. The normalized spacial score (nSPS) is 14.7. The third-order valence-corrected chi connectivity index (χ3v) is 4.54. The predicted octanol–water partition coefficient (Wildman–Crippen LogP) is 3.92. The summed E-state index contributed by atoms with van der Waals surface area (Å²) in [7, 11) is 0. The number of benzene rings is 1. The molecule has 1 aliphatic heterocycles. The number of nitrogens with zero attached hydrogens (tertiary/aromatic N) is 2. The molecule has 8 heteroatoms. The molecule has 1 aliphatic rings. The van der Waals surface area contributed by atoms with Gasteiger partial charge < -0.3 is 19.3 Å². The Morgan fingerprint density at radius 1 is 1.30 bits per heavy atom. The second-order valence-electron chi connectivity index (χ2n) is 7.20. The van der Waals surface area contributed by atoms with Crippen molar-refractivity contribution < 1.29 is 18.7 Å². The fourth-order valence-electron chi connectivity index (χ4n) is 2.69. The van der Waals surface area contributed by atoms with E-state index in [1.54, 1.807) is 0 Å². The van der Waals surface area contributed by atoms with Crippen LogP contribution in [0.1, 0.15) is 20.8 Å². The molecule has 0 saturated carbocycles. The van der Waals surface area contributed by atoms with Crippen LogP contribution in [0.4, 0.5) is 14.9 Å². The Kier molecular flexibility index (Phi) is 7.35. The largest absolute Gasteiger partial charge is 0.490 e. The van der Waals surface area contributed by atoms with Crippen LogP contribution in [0.15, 0.2) is 35.1 Å². The fourth-order valence-corrected chi connectivity index (χ4v) is 3.17. The third kappa shape index (κ3) is 6.61. The Balaban J connectivity index is 1.87. The Bertz CT molecular complexity index is 671. The van der Waals surface area contributed by atoms with E-state index in [1.165, 1.54) is 0 Å². The average molecular weight is 444 g/mol. The van der Waals surface area contributed by atoms with Crippen LogP contribution in [0.3, 0.4) is 0 Å². The molecule has 1 amide bonds. The number of nitrogens with one attached hydrogen (secondary N) is 1. The Labute approximate surface area is 168 Å². The lowest BCUT2D eigenvalue weighted by molar-refractivity contribution is 0.0526. The number of carbonyl (C=O) groups excluding carboxylic acids is 1. The van der Waals surface area contributed by atoms with Gasteiger partial charge in [-0.3, -0.25) is 5.32 Å². The Morgan fingerprint density at radius 2 is 1.96 bits per heavy atom. The third-order valence-electron chi connectivity index (χ3n) is 3.92. The second-order valence-corrected chi connectivity index (χ2v) is 8.05. The number of hydrogen-bond acceptors (Lipinski definition) is 5. The molecular weight excluding hydrogens is 417 g/mol. The maximum atomic E-state index is 12.2. The van der Waals surface area contributed by atoms with Crippen molar-refractivity contribution in [1.29, 1.82) is 0 Å². The van der Waals surface area contributed by atoms with Crippen LogP contribution in [0, 0.1) is 0 Å².